The molecule has 0 aliphatic rings. The Morgan fingerprint density at radius 2 is 1.88 bits per heavy atom. The van der Waals surface area contributed by atoms with E-state index in [2.05, 4.69) is 9.71 Å². The standard InChI is InChI=1S/C17H14Cl2N2O3S/c1-24-17-15(9-14(19)13-3-2-8-20-16(13)17)25(22,23)21-10-11-4-6-12(18)7-5-11/h2-9,21H,10H2,1H3. The fourth-order valence-electron chi connectivity index (χ4n) is 2.41. The lowest BCUT2D eigenvalue weighted by Crippen LogP contribution is -2.24. The van der Waals surface area contributed by atoms with Crippen LogP contribution < -0.4 is 9.46 Å². The maximum atomic E-state index is 12.7. The highest BCUT2D eigenvalue weighted by atomic mass is 35.5. The normalized spacial score (nSPS) is 11.6. The molecule has 130 valence electrons. The first kappa shape index (κ1) is 17.9. The maximum Gasteiger partial charge on any atom is 0.244 e. The summed E-state index contributed by atoms with van der Waals surface area (Å²) in [6, 6.07) is 11.7. The molecule has 0 bridgehead atoms. The Kier molecular flexibility index (Phi) is 5.15. The Morgan fingerprint density at radius 1 is 1.16 bits per heavy atom. The van der Waals surface area contributed by atoms with Crippen LogP contribution in [0.4, 0.5) is 0 Å². The van der Waals surface area contributed by atoms with Crippen LogP contribution in [0.1, 0.15) is 5.56 Å². The average Bonchev–Trinajstić information content (AvgIpc) is 2.61. The quantitative estimate of drug-likeness (QED) is 0.706. The molecule has 5 nitrogen and oxygen atoms in total. The fraction of sp³-hybridized carbons (Fsp3) is 0.118. The molecule has 25 heavy (non-hydrogen) atoms. The van der Waals surface area contributed by atoms with Gasteiger partial charge in [0, 0.05) is 23.2 Å². The van der Waals surface area contributed by atoms with Crippen molar-refractivity contribution in [2.24, 2.45) is 0 Å². The summed E-state index contributed by atoms with van der Waals surface area (Å²) in [5.74, 6) is 0.156. The Labute approximate surface area is 155 Å². The zero-order valence-electron chi connectivity index (χ0n) is 13.2. The minimum atomic E-state index is -3.86. The molecule has 0 aliphatic heterocycles. The van der Waals surface area contributed by atoms with Crippen molar-refractivity contribution in [1.29, 1.82) is 0 Å². The van der Waals surface area contributed by atoms with Crippen LogP contribution in [-0.2, 0) is 16.6 Å². The van der Waals surface area contributed by atoms with E-state index in [1.807, 2.05) is 0 Å². The van der Waals surface area contributed by atoms with Crippen molar-refractivity contribution < 1.29 is 13.2 Å². The molecule has 2 aromatic carbocycles. The maximum absolute atomic E-state index is 12.7. The number of pyridine rings is 1. The predicted molar refractivity (Wildman–Crippen MR) is 98.8 cm³/mol. The molecule has 3 rings (SSSR count). The Morgan fingerprint density at radius 3 is 2.56 bits per heavy atom. The van der Waals surface area contributed by atoms with Gasteiger partial charge >= 0.3 is 0 Å². The highest BCUT2D eigenvalue weighted by Gasteiger charge is 2.23. The predicted octanol–water partition coefficient (Wildman–Crippen LogP) is 4.03. The second-order valence-electron chi connectivity index (χ2n) is 5.24. The van der Waals surface area contributed by atoms with Gasteiger partial charge in [-0.2, -0.15) is 0 Å². The van der Waals surface area contributed by atoms with Crippen molar-refractivity contribution in [1.82, 2.24) is 9.71 Å². The van der Waals surface area contributed by atoms with Crippen molar-refractivity contribution in [3.63, 3.8) is 0 Å². The number of ether oxygens (including phenoxy) is 1. The Hall–Kier alpha value is -1.86. The van der Waals surface area contributed by atoms with Crippen LogP contribution in [0.3, 0.4) is 0 Å². The van der Waals surface area contributed by atoms with Crippen molar-refractivity contribution >= 4 is 44.1 Å². The van der Waals surface area contributed by atoms with Gasteiger partial charge in [-0.15, -0.1) is 0 Å². The van der Waals surface area contributed by atoms with Crippen LogP contribution in [0.5, 0.6) is 5.75 Å². The highest BCUT2D eigenvalue weighted by Crippen LogP contribution is 2.36. The average molecular weight is 397 g/mol. The van der Waals surface area contributed by atoms with Crippen LogP contribution in [0.15, 0.2) is 53.6 Å². The molecule has 1 N–H and O–H groups in total. The number of aromatic nitrogens is 1. The summed E-state index contributed by atoms with van der Waals surface area (Å²) in [7, 11) is -2.46. The van der Waals surface area contributed by atoms with Gasteiger partial charge in [-0.1, -0.05) is 35.3 Å². The van der Waals surface area contributed by atoms with Gasteiger partial charge in [-0.05, 0) is 35.9 Å². The summed E-state index contributed by atoms with van der Waals surface area (Å²) < 4.78 is 33.3. The number of rotatable bonds is 5. The molecule has 0 unspecified atom stereocenters. The molecule has 1 heterocycles. The lowest BCUT2D eigenvalue weighted by Gasteiger charge is -2.14. The van der Waals surface area contributed by atoms with Crippen molar-refractivity contribution in [2.75, 3.05) is 7.11 Å². The number of halogens is 2. The first-order valence-corrected chi connectivity index (χ1v) is 9.51. The third kappa shape index (κ3) is 3.72. The molecule has 0 spiro atoms. The number of fused-ring (bicyclic) bond motifs is 1. The lowest BCUT2D eigenvalue weighted by atomic mass is 10.2. The molecular weight excluding hydrogens is 383 g/mol. The van der Waals surface area contributed by atoms with E-state index in [4.69, 9.17) is 27.9 Å². The Balaban J connectivity index is 2.00. The first-order valence-electron chi connectivity index (χ1n) is 7.27. The van der Waals surface area contributed by atoms with Gasteiger partial charge in [-0.3, -0.25) is 4.98 Å². The topological polar surface area (TPSA) is 68.3 Å². The summed E-state index contributed by atoms with van der Waals surface area (Å²) in [5.41, 5.74) is 1.17. The van der Waals surface area contributed by atoms with E-state index in [0.29, 0.717) is 15.9 Å². The second-order valence-corrected chi connectivity index (χ2v) is 7.82. The van der Waals surface area contributed by atoms with Gasteiger partial charge in [0.1, 0.15) is 10.4 Å². The second kappa shape index (κ2) is 7.17. The summed E-state index contributed by atoms with van der Waals surface area (Å²) in [5, 5.41) is 1.49. The number of sulfonamides is 1. The summed E-state index contributed by atoms with van der Waals surface area (Å²) in [6.45, 7) is 0.112. The van der Waals surface area contributed by atoms with Gasteiger partial charge < -0.3 is 4.74 Å². The number of methoxy groups -OCH3 is 1. The molecule has 0 amide bonds. The number of hydrogen-bond acceptors (Lipinski definition) is 4. The molecule has 0 aliphatic carbocycles. The zero-order valence-corrected chi connectivity index (χ0v) is 15.5. The SMILES string of the molecule is COc1c(S(=O)(=O)NCc2ccc(Cl)cc2)cc(Cl)c2cccnc12. The minimum absolute atomic E-state index is 0.0554. The molecular formula is C17H14Cl2N2O3S. The number of nitrogens with zero attached hydrogens (tertiary/aromatic N) is 1. The summed E-state index contributed by atoms with van der Waals surface area (Å²) in [4.78, 5) is 4.14. The van der Waals surface area contributed by atoms with E-state index in [-0.39, 0.29) is 22.2 Å². The first-order chi connectivity index (χ1) is 11.9. The van der Waals surface area contributed by atoms with Gasteiger partial charge in [0.2, 0.25) is 10.0 Å². The van der Waals surface area contributed by atoms with Crippen LogP contribution in [-0.4, -0.2) is 20.5 Å². The molecule has 0 atom stereocenters. The molecule has 3 aromatic rings. The zero-order chi connectivity index (χ0) is 18.0. The summed E-state index contributed by atoms with van der Waals surface area (Å²) in [6.07, 6.45) is 1.55. The van der Waals surface area contributed by atoms with E-state index >= 15 is 0 Å². The molecule has 8 heteroatoms. The number of nitrogens with one attached hydrogen (secondary N) is 1. The molecule has 0 saturated heterocycles. The largest absolute Gasteiger partial charge is 0.493 e. The Bertz CT molecular complexity index is 1020. The van der Waals surface area contributed by atoms with E-state index < -0.39 is 10.0 Å². The van der Waals surface area contributed by atoms with Crippen LogP contribution in [0.25, 0.3) is 10.9 Å². The highest BCUT2D eigenvalue weighted by molar-refractivity contribution is 7.89. The van der Waals surface area contributed by atoms with E-state index in [0.717, 1.165) is 5.56 Å². The van der Waals surface area contributed by atoms with Crippen LogP contribution >= 0.6 is 23.2 Å². The third-order valence-corrected chi connectivity index (χ3v) is 5.61. The number of benzene rings is 2. The fourth-order valence-corrected chi connectivity index (χ4v) is 4.07. The van der Waals surface area contributed by atoms with Gasteiger partial charge in [0.25, 0.3) is 0 Å². The third-order valence-electron chi connectivity index (χ3n) is 3.63. The van der Waals surface area contributed by atoms with E-state index in [1.165, 1.54) is 13.2 Å². The van der Waals surface area contributed by atoms with Gasteiger partial charge in [0.15, 0.2) is 5.75 Å². The minimum Gasteiger partial charge on any atom is -0.493 e. The van der Waals surface area contributed by atoms with Gasteiger partial charge in [0.05, 0.1) is 12.1 Å². The molecule has 0 radical (unpaired) electrons. The molecule has 0 fully saturated rings. The number of hydrogen-bond donors (Lipinski definition) is 1. The van der Waals surface area contributed by atoms with Gasteiger partial charge in [-0.25, -0.2) is 13.1 Å². The van der Waals surface area contributed by atoms with Crippen molar-refractivity contribution in [2.45, 2.75) is 11.4 Å². The van der Waals surface area contributed by atoms with Crippen LogP contribution in [0, 0.1) is 0 Å². The molecule has 1 aromatic heterocycles. The van der Waals surface area contributed by atoms with E-state index in [1.54, 1.807) is 42.6 Å². The van der Waals surface area contributed by atoms with Crippen molar-refractivity contribution in [3.05, 3.63) is 64.3 Å². The lowest BCUT2D eigenvalue weighted by molar-refractivity contribution is 0.406. The van der Waals surface area contributed by atoms with E-state index in [9.17, 15) is 8.42 Å². The molecule has 0 saturated carbocycles. The smallest absolute Gasteiger partial charge is 0.244 e. The van der Waals surface area contributed by atoms with Crippen LogP contribution in [0.2, 0.25) is 10.0 Å². The monoisotopic (exact) mass is 396 g/mol. The summed E-state index contributed by atoms with van der Waals surface area (Å²) >= 11 is 12.1. The van der Waals surface area contributed by atoms with Crippen molar-refractivity contribution in [3.8, 4) is 5.75 Å².